The molecule has 3 nitrogen and oxygen atoms in total. The van der Waals surface area contributed by atoms with Crippen LogP contribution >= 0.6 is 15.9 Å². The monoisotopic (exact) mass is 323 g/mol. The van der Waals surface area contributed by atoms with Crippen LogP contribution in [-0.4, -0.2) is 25.0 Å². The molecule has 19 heavy (non-hydrogen) atoms. The molecule has 0 saturated carbocycles. The zero-order valence-corrected chi connectivity index (χ0v) is 12.6. The van der Waals surface area contributed by atoms with Crippen molar-refractivity contribution in [2.75, 3.05) is 7.11 Å². The molecular formula is C15H18BrNO2. The van der Waals surface area contributed by atoms with Crippen molar-refractivity contribution in [1.82, 2.24) is 5.32 Å². The highest BCUT2D eigenvalue weighted by atomic mass is 79.9. The van der Waals surface area contributed by atoms with E-state index in [0.29, 0.717) is 24.3 Å². The summed E-state index contributed by atoms with van der Waals surface area (Å²) in [5, 5.41) is 3.52. The molecule has 2 aliphatic rings. The lowest BCUT2D eigenvalue weighted by molar-refractivity contribution is -0.122. The lowest BCUT2D eigenvalue weighted by Gasteiger charge is -2.18. The number of nitrogens with one attached hydrogen (secondary N) is 1. The number of Topliss-reactive ketones (excluding diaryl/α,β-unsaturated/α-hetero) is 1. The fourth-order valence-electron chi connectivity index (χ4n) is 3.33. The van der Waals surface area contributed by atoms with Gasteiger partial charge >= 0.3 is 0 Å². The Labute approximate surface area is 121 Å². The van der Waals surface area contributed by atoms with Gasteiger partial charge in [0.2, 0.25) is 0 Å². The molecule has 3 rings (SSSR count). The Morgan fingerprint density at radius 2 is 2.32 bits per heavy atom. The summed E-state index contributed by atoms with van der Waals surface area (Å²) in [6.07, 6.45) is 3.95. The summed E-state index contributed by atoms with van der Waals surface area (Å²) in [5.74, 6) is 1.40. The molecule has 2 aliphatic heterocycles. The van der Waals surface area contributed by atoms with Crippen molar-refractivity contribution in [1.29, 1.82) is 0 Å². The zero-order valence-electron chi connectivity index (χ0n) is 11.0. The molecular weight excluding hydrogens is 306 g/mol. The lowest BCUT2D eigenvalue weighted by Crippen LogP contribution is -2.29. The minimum Gasteiger partial charge on any atom is -0.496 e. The minimum absolute atomic E-state index is 0.222. The first kappa shape index (κ1) is 13.1. The van der Waals surface area contributed by atoms with Crippen molar-refractivity contribution in [2.24, 2.45) is 5.92 Å². The molecule has 3 unspecified atom stereocenters. The summed E-state index contributed by atoms with van der Waals surface area (Å²) in [7, 11) is 1.64. The van der Waals surface area contributed by atoms with Gasteiger partial charge < -0.3 is 10.1 Å². The predicted octanol–water partition coefficient (Wildman–Crippen LogP) is 2.71. The summed E-state index contributed by atoms with van der Waals surface area (Å²) in [5.41, 5.74) is 1.06. The summed E-state index contributed by atoms with van der Waals surface area (Å²) < 4.78 is 6.11. The molecule has 3 atom stereocenters. The molecule has 0 spiro atoms. The number of benzene rings is 1. The van der Waals surface area contributed by atoms with E-state index in [0.717, 1.165) is 28.6 Å². The van der Waals surface area contributed by atoms with Crippen molar-refractivity contribution in [3.63, 3.8) is 0 Å². The van der Waals surface area contributed by atoms with Crippen LogP contribution in [0.1, 0.15) is 24.8 Å². The van der Waals surface area contributed by atoms with Crippen LogP contribution in [0.15, 0.2) is 22.7 Å². The molecule has 0 amide bonds. The number of hydrogen-bond donors (Lipinski definition) is 1. The van der Waals surface area contributed by atoms with Gasteiger partial charge in [-0.3, -0.25) is 4.79 Å². The molecule has 1 aromatic carbocycles. The summed E-state index contributed by atoms with van der Waals surface area (Å²) in [6, 6.07) is 6.88. The Morgan fingerprint density at radius 1 is 1.47 bits per heavy atom. The third-order valence-electron chi connectivity index (χ3n) is 4.31. The average Bonchev–Trinajstić information content (AvgIpc) is 3.01. The first-order valence-electron chi connectivity index (χ1n) is 6.78. The van der Waals surface area contributed by atoms with Crippen molar-refractivity contribution in [2.45, 2.75) is 37.8 Å². The summed E-state index contributed by atoms with van der Waals surface area (Å²) >= 11 is 3.46. The third kappa shape index (κ3) is 2.56. The normalized spacial score (nSPS) is 28.6. The van der Waals surface area contributed by atoms with E-state index in [-0.39, 0.29) is 5.92 Å². The molecule has 0 radical (unpaired) electrons. The van der Waals surface area contributed by atoms with Gasteiger partial charge in [-0.1, -0.05) is 6.07 Å². The molecule has 1 aromatic rings. The zero-order chi connectivity index (χ0) is 13.4. The number of ether oxygens (including phenoxy) is 1. The van der Waals surface area contributed by atoms with Gasteiger partial charge in [0, 0.05) is 24.4 Å². The maximum atomic E-state index is 12.4. The molecule has 0 aromatic heterocycles. The number of rotatable bonds is 4. The third-order valence-corrected chi connectivity index (χ3v) is 4.93. The van der Waals surface area contributed by atoms with E-state index in [2.05, 4.69) is 21.2 Å². The van der Waals surface area contributed by atoms with Crippen LogP contribution in [0.5, 0.6) is 5.75 Å². The summed E-state index contributed by atoms with van der Waals surface area (Å²) in [4.78, 5) is 12.4. The highest BCUT2D eigenvalue weighted by Gasteiger charge is 2.42. The Kier molecular flexibility index (Phi) is 3.63. The Balaban J connectivity index is 1.68. The second-order valence-electron chi connectivity index (χ2n) is 5.50. The Bertz CT molecular complexity index is 503. The number of fused-ring (bicyclic) bond motifs is 2. The Morgan fingerprint density at radius 3 is 2.89 bits per heavy atom. The van der Waals surface area contributed by atoms with Crippen LogP contribution in [0, 0.1) is 5.92 Å². The predicted molar refractivity (Wildman–Crippen MR) is 77.5 cm³/mol. The number of carbonyl (C=O) groups excluding carboxylic acids is 1. The smallest absolute Gasteiger partial charge is 0.141 e. The molecule has 0 aliphatic carbocycles. The van der Waals surface area contributed by atoms with Gasteiger partial charge in [0.25, 0.3) is 0 Å². The van der Waals surface area contributed by atoms with Crippen molar-refractivity contribution >= 4 is 21.7 Å². The van der Waals surface area contributed by atoms with Crippen LogP contribution in [0.25, 0.3) is 0 Å². The van der Waals surface area contributed by atoms with E-state index in [1.165, 1.54) is 6.42 Å². The van der Waals surface area contributed by atoms with Gasteiger partial charge in [0.15, 0.2) is 0 Å². The Hall–Kier alpha value is -0.870. The van der Waals surface area contributed by atoms with E-state index < -0.39 is 0 Å². The molecule has 4 heteroatoms. The number of halogens is 1. The van der Waals surface area contributed by atoms with Gasteiger partial charge in [-0.05, 0) is 52.9 Å². The van der Waals surface area contributed by atoms with Gasteiger partial charge in [-0.15, -0.1) is 0 Å². The molecule has 2 heterocycles. The second kappa shape index (κ2) is 5.25. The number of ketones is 1. The van der Waals surface area contributed by atoms with E-state index >= 15 is 0 Å². The van der Waals surface area contributed by atoms with Gasteiger partial charge in [0.1, 0.15) is 11.5 Å². The maximum absolute atomic E-state index is 12.4. The molecule has 102 valence electrons. The van der Waals surface area contributed by atoms with Gasteiger partial charge in [-0.25, -0.2) is 0 Å². The minimum atomic E-state index is 0.222. The fraction of sp³-hybridized carbons (Fsp3) is 0.533. The largest absolute Gasteiger partial charge is 0.496 e. The van der Waals surface area contributed by atoms with E-state index in [1.807, 2.05) is 18.2 Å². The topological polar surface area (TPSA) is 38.3 Å². The van der Waals surface area contributed by atoms with Crippen molar-refractivity contribution < 1.29 is 9.53 Å². The maximum Gasteiger partial charge on any atom is 0.141 e. The van der Waals surface area contributed by atoms with E-state index in [4.69, 9.17) is 4.74 Å². The van der Waals surface area contributed by atoms with E-state index in [9.17, 15) is 4.79 Å². The van der Waals surface area contributed by atoms with Crippen LogP contribution < -0.4 is 10.1 Å². The van der Waals surface area contributed by atoms with Crippen LogP contribution in [-0.2, 0) is 11.2 Å². The first-order valence-corrected chi connectivity index (χ1v) is 7.58. The van der Waals surface area contributed by atoms with Crippen molar-refractivity contribution in [3.8, 4) is 5.75 Å². The SMILES string of the molecule is COc1ccc(CC(=O)C2CC3CCC2N3)cc1Br. The first-order chi connectivity index (χ1) is 9.17. The highest BCUT2D eigenvalue weighted by Crippen LogP contribution is 2.34. The summed E-state index contributed by atoms with van der Waals surface area (Å²) in [6.45, 7) is 0. The average molecular weight is 324 g/mol. The quantitative estimate of drug-likeness (QED) is 0.925. The van der Waals surface area contributed by atoms with Crippen LogP contribution in [0.2, 0.25) is 0 Å². The molecule has 2 fully saturated rings. The highest BCUT2D eigenvalue weighted by molar-refractivity contribution is 9.10. The van der Waals surface area contributed by atoms with Crippen molar-refractivity contribution in [3.05, 3.63) is 28.2 Å². The number of hydrogen-bond acceptors (Lipinski definition) is 3. The second-order valence-corrected chi connectivity index (χ2v) is 6.36. The van der Waals surface area contributed by atoms with Gasteiger partial charge in [-0.2, -0.15) is 0 Å². The lowest BCUT2D eigenvalue weighted by atomic mass is 9.84. The van der Waals surface area contributed by atoms with Crippen LogP contribution in [0.3, 0.4) is 0 Å². The molecule has 2 bridgehead atoms. The van der Waals surface area contributed by atoms with E-state index in [1.54, 1.807) is 7.11 Å². The van der Waals surface area contributed by atoms with Crippen LogP contribution in [0.4, 0.5) is 0 Å². The number of carbonyl (C=O) groups is 1. The number of methoxy groups -OCH3 is 1. The van der Waals surface area contributed by atoms with Gasteiger partial charge in [0.05, 0.1) is 11.6 Å². The fourth-order valence-corrected chi connectivity index (χ4v) is 3.92. The molecule has 2 saturated heterocycles. The molecule has 1 N–H and O–H groups in total. The standard InChI is InChI=1S/C15H18BrNO2/c1-19-15-5-2-9(6-12(15)16)7-14(18)11-8-10-3-4-13(11)17-10/h2,5-6,10-11,13,17H,3-4,7-8H2,1H3.